The summed E-state index contributed by atoms with van der Waals surface area (Å²) >= 11 is 0. The first-order valence-electron chi connectivity index (χ1n) is 6.96. The molecule has 1 rings (SSSR count). The van der Waals surface area contributed by atoms with Crippen LogP contribution in [-0.2, 0) is 26.1 Å². The molecule has 12 nitrogen and oxygen atoms in total. The summed E-state index contributed by atoms with van der Waals surface area (Å²) in [7, 11) is -9.21. The summed E-state index contributed by atoms with van der Waals surface area (Å²) in [5.74, 6) is -0.650. The summed E-state index contributed by atoms with van der Waals surface area (Å²) in [6, 6.07) is 6.29. The minimum atomic E-state index is -5.11. The molecular weight excluding hydrogens is 452 g/mol. The van der Waals surface area contributed by atoms with Crippen LogP contribution in [0.4, 0.5) is 0 Å². The number of benzene rings is 1. The van der Waals surface area contributed by atoms with E-state index in [1.54, 1.807) is 24.3 Å². The first kappa shape index (κ1) is 36.6. The van der Waals surface area contributed by atoms with Gasteiger partial charge in [-0.25, -0.2) is 0 Å². The van der Waals surface area contributed by atoms with Crippen LogP contribution in [0.25, 0.3) is 0 Å². The molecule has 1 aromatic rings. The molecule has 0 aliphatic carbocycles. The zero-order valence-corrected chi connectivity index (χ0v) is 21.8. The Morgan fingerprint density at radius 1 is 1.24 bits per heavy atom. The van der Waals surface area contributed by atoms with Crippen LogP contribution in [0.2, 0.25) is 0 Å². The fourth-order valence-corrected chi connectivity index (χ4v) is 2.04. The quantitative estimate of drug-likeness (QED) is 0.0743. The second-order valence-corrected chi connectivity index (χ2v) is 6.98. The van der Waals surface area contributed by atoms with E-state index in [0.717, 1.165) is 0 Å². The number of hydrogen-bond donors (Lipinski definition) is 6. The maximum Gasteiger partial charge on any atom is 1.00 e. The van der Waals surface area contributed by atoms with Crippen molar-refractivity contribution in [2.45, 2.75) is 17.6 Å². The molecule has 0 amide bonds. The van der Waals surface area contributed by atoms with Gasteiger partial charge in [0, 0.05) is 0 Å². The maximum atomic E-state index is 10.8. The van der Waals surface area contributed by atoms with Gasteiger partial charge in [-0.2, -0.15) is 8.42 Å². The van der Waals surface area contributed by atoms with Crippen molar-refractivity contribution in [3.05, 3.63) is 42.5 Å². The fourth-order valence-electron chi connectivity index (χ4n) is 1.31. The first-order valence-corrected chi connectivity index (χ1v) is 10.1. The first-order chi connectivity index (χ1) is 12.2. The maximum absolute atomic E-state index is 10.8. The molecule has 7 N–H and O–H groups in total. The van der Waals surface area contributed by atoms with Gasteiger partial charge in [0.15, 0.2) is 6.29 Å². The Balaban J connectivity index is -0.000000172. The number of ether oxygens (including phenoxy) is 1. The van der Waals surface area contributed by atoms with Gasteiger partial charge in [-0.1, -0.05) is 24.3 Å². The Labute approximate surface area is 213 Å². The normalized spacial score (nSPS) is 10.1. The van der Waals surface area contributed by atoms with Gasteiger partial charge < -0.3 is 39.9 Å². The number of carbonyl (C=O) groups is 1. The minimum absolute atomic E-state index is 0. The van der Waals surface area contributed by atoms with Crippen molar-refractivity contribution in [3.8, 4) is 0 Å². The summed E-state index contributed by atoms with van der Waals surface area (Å²) in [6.07, 6.45) is 0.403. The van der Waals surface area contributed by atoms with E-state index in [1.165, 1.54) is 6.07 Å². The van der Waals surface area contributed by atoms with Crippen LogP contribution < -0.4 is 74.4 Å². The molecule has 0 spiro atoms. The topological polar surface area (TPSA) is 234 Å². The smallest absolute Gasteiger partial charge is 0.828 e. The molecule has 0 saturated heterocycles. The minimum Gasteiger partial charge on any atom is -0.828 e. The average Bonchev–Trinajstić information content (AvgIpc) is 2.51. The van der Waals surface area contributed by atoms with Gasteiger partial charge in [-0.15, -0.1) is 6.58 Å². The van der Waals surface area contributed by atoms with Crippen LogP contribution in [0.5, 0.6) is 0 Å². The zero-order chi connectivity index (χ0) is 21.7. The molecule has 0 aliphatic rings. The van der Waals surface area contributed by atoms with Crippen LogP contribution in [0, 0.1) is 0 Å². The van der Waals surface area contributed by atoms with E-state index in [-0.39, 0.29) is 70.6 Å². The molecule has 16 heteroatoms. The van der Waals surface area contributed by atoms with E-state index in [4.69, 9.17) is 39.7 Å². The number of allylic oxidation sites excluding steroid dienone is 1. The molecule has 0 unspecified atom stereocenters. The zero-order valence-electron chi connectivity index (χ0n) is 16.0. The van der Waals surface area contributed by atoms with E-state index in [2.05, 4.69) is 11.3 Å². The van der Waals surface area contributed by atoms with Gasteiger partial charge in [-0.3, -0.25) is 9.35 Å². The Kier molecular flexibility index (Phi) is 24.0. The van der Waals surface area contributed by atoms with Crippen molar-refractivity contribution in [1.29, 1.82) is 0 Å². The van der Waals surface area contributed by atoms with E-state index in [9.17, 15) is 13.2 Å². The predicted molar refractivity (Wildman–Crippen MR) is 88.6 cm³/mol. The molecule has 0 radical (unpaired) electrons. The number of aliphatic hydroxyl groups excluding tert-OH is 1. The molecule has 29 heavy (non-hydrogen) atoms. The molecule has 0 aromatic heterocycles. The second-order valence-electron chi connectivity index (χ2n) is 4.49. The van der Waals surface area contributed by atoms with Crippen LogP contribution in [-0.4, -0.2) is 67.2 Å². The summed E-state index contributed by atoms with van der Waals surface area (Å²) in [5.41, 5.74) is 5.38. The summed E-state index contributed by atoms with van der Waals surface area (Å²) < 4.78 is 34.7. The number of aliphatic hydroxyl groups is 2. The monoisotopic (exact) mass is 473 g/mol. The van der Waals surface area contributed by atoms with Gasteiger partial charge in [0.05, 0.1) is 11.4 Å². The molecular formula is C13H21NNa2O11SSi. The van der Waals surface area contributed by atoms with Crippen molar-refractivity contribution >= 4 is 25.1 Å². The molecule has 0 fully saturated rings. The molecule has 0 atom stereocenters. The molecule has 0 aliphatic heterocycles. The number of nitrogens with two attached hydrogens (primary N) is 1. The molecule has 1 aromatic carbocycles. The van der Waals surface area contributed by atoms with Crippen LogP contribution >= 0.6 is 0 Å². The Morgan fingerprint density at radius 2 is 1.69 bits per heavy atom. The average molecular weight is 473 g/mol. The van der Waals surface area contributed by atoms with Crippen molar-refractivity contribution in [2.24, 2.45) is 5.73 Å². The summed E-state index contributed by atoms with van der Waals surface area (Å²) in [6.45, 7) is 2.84. The Bertz CT molecular complexity index is 678. The summed E-state index contributed by atoms with van der Waals surface area (Å²) in [5, 5.41) is 16.3. The molecule has 0 heterocycles. The molecule has 0 saturated carbocycles. The predicted octanol–water partition coefficient (Wildman–Crippen LogP) is -10.4. The third kappa shape index (κ3) is 26.2. The largest absolute Gasteiger partial charge is 1.00 e. The summed E-state index contributed by atoms with van der Waals surface area (Å²) in [4.78, 5) is 41.9. The molecule has 156 valence electrons. The number of rotatable bonds is 6. The van der Waals surface area contributed by atoms with Crippen LogP contribution in [0.1, 0.15) is 5.56 Å². The Morgan fingerprint density at radius 3 is 2.03 bits per heavy atom. The van der Waals surface area contributed by atoms with E-state index in [1.807, 2.05) is 0 Å². The van der Waals surface area contributed by atoms with Crippen molar-refractivity contribution in [2.75, 3.05) is 13.2 Å². The Hall–Kier alpha value is 0.277. The van der Waals surface area contributed by atoms with E-state index < -0.39 is 38.0 Å². The fraction of sp³-hybridized carbons (Fsp3) is 0.308. The number of carbonyl (C=O) groups excluding carboxylic acids is 1. The van der Waals surface area contributed by atoms with Gasteiger partial charge >= 0.3 is 65.1 Å². The standard InChI is InChI=1S/C9H10O3S.C4H9NO4.2Na.H2O4Si/c1-2-5-8-6-3-4-7-9(8)13(10,11)12;5-1-4(8)9-2-3(6)7;;;1-5(2,3)4/h2-4,6-7H,1,5H2,(H,10,11,12);3,6-7H,1-2,5H2;;;1-2H/q;;2*+1;-2. The van der Waals surface area contributed by atoms with Crippen LogP contribution in [0.3, 0.4) is 0 Å². The van der Waals surface area contributed by atoms with Crippen molar-refractivity contribution in [1.82, 2.24) is 0 Å². The number of hydrogen-bond acceptors (Lipinski definition) is 11. The molecule has 0 bridgehead atoms. The van der Waals surface area contributed by atoms with E-state index >= 15 is 0 Å². The third-order valence-corrected chi connectivity index (χ3v) is 3.13. The third-order valence-electron chi connectivity index (χ3n) is 2.17. The van der Waals surface area contributed by atoms with Gasteiger partial charge in [-0.05, 0) is 18.1 Å². The van der Waals surface area contributed by atoms with E-state index in [0.29, 0.717) is 12.0 Å². The van der Waals surface area contributed by atoms with Crippen molar-refractivity contribution < 1.29 is 111 Å². The van der Waals surface area contributed by atoms with Gasteiger partial charge in [0.2, 0.25) is 0 Å². The second kappa shape index (κ2) is 19.0. The van der Waals surface area contributed by atoms with Gasteiger partial charge in [0.1, 0.15) is 15.7 Å². The van der Waals surface area contributed by atoms with Crippen molar-refractivity contribution in [3.63, 3.8) is 0 Å². The SMILES string of the molecule is C=CCc1ccccc1S(=O)(=O)O.NCC(=O)OCC(O)O.[Na+].[Na+].[O-][Si]([O-])(O)O. The van der Waals surface area contributed by atoms with Crippen LogP contribution in [0.15, 0.2) is 41.8 Å². The number of esters is 1. The van der Waals surface area contributed by atoms with Gasteiger partial charge in [0.25, 0.3) is 10.1 Å².